The van der Waals surface area contributed by atoms with Crippen molar-refractivity contribution in [2.75, 3.05) is 20.2 Å². The molecule has 2 rings (SSSR count). The van der Waals surface area contributed by atoms with Crippen LogP contribution < -0.4 is 15.4 Å². The van der Waals surface area contributed by atoms with E-state index in [0.717, 1.165) is 19.5 Å². The molecule has 0 radical (unpaired) electrons. The van der Waals surface area contributed by atoms with Gasteiger partial charge in [0.15, 0.2) is 0 Å². The zero-order valence-corrected chi connectivity index (χ0v) is 10.5. The van der Waals surface area contributed by atoms with Gasteiger partial charge < -0.3 is 15.4 Å². The van der Waals surface area contributed by atoms with Crippen molar-refractivity contribution in [1.82, 2.24) is 10.6 Å². The zero-order valence-electron chi connectivity index (χ0n) is 9.73. The molecule has 1 aliphatic heterocycles. The van der Waals surface area contributed by atoms with Gasteiger partial charge in [0.25, 0.3) is 5.91 Å². The number of carbonyl (C=O) groups excluding carboxylic acids is 1. The first-order valence-electron chi connectivity index (χ1n) is 5.46. The van der Waals surface area contributed by atoms with E-state index >= 15 is 0 Å². The van der Waals surface area contributed by atoms with Crippen LogP contribution in [0.2, 0.25) is 0 Å². The van der Waals surface area contributed by atoms with E-state index < -0.39 is 0 Å². The van der Waals surface area contributed by atoms with E-state index in [4.69, 9.17) is 4.74 Å². The molecular formula is C12H17ClN2O2. The van der Waals surface area contributed by atoms with Crippen LogP contribution in [0.1, 0.15) is 16.8 Å². The number of para-hydroxylation sites is 1. The molecule has 5 heteroatoms. The topological polar surface area (TPSA) is 50.4 Å². The van der Waals surface area contributed by atoms with Crippen LogP contribution in [0.3, 0.4) is 0 Å². The lowest BCUT2D eigenvalue weighted by molar-refractivity contribution is 0.0937. The van der Waals surface area contributed by atoms with Gasteiger partial charge in [-0.2, -0.15) is 0 Å². The number of nitrogens with one attached hydrogen (secondary N) is 2. The van der Waals surface area contributed by atoms with Gasteiger partial charge in [-0.05, 0) is 25.1 Å². The van der Waals surface area contributed by atoms with Gasteiger partial charge >= 0.3 is 0 Å². The van der Waals surface area contributed by atoms with Gasteiger partial charge in [-0.1, -0.05) is 12.1 Å². The second-order valence-corrected chi connectivity index (χ2v) is 3.86. The molecule has 0 aliphatic carbocycles. The Kier molecular flexibility index (Phi) is 5.25. The summed E-state index contributed by atoms with van der Waals surface area (Å²) in [5.74, 6) is 0.553. The SMILES string of the molecule is COc1ccccc1C(=O)NC1CCNC1.Cl. The third-order valence-corrected chi connectivity index (χ3v) is 2.75. The molecule has 4 nitrogen and oxygen atoms in total. The highest BCUT2D eigenvalue weighted by Gasteiger charge is 2.19. The highest BCUT2D eigenvalue weighted by molar-refractivity contribution is 5.97. The zero-order chi connectivity index (χ0) is 11.4. The lowest BCUT2D eigenvalue weighted by Gasteiger charge is -2.13. The monoisotopic (exact) mass is 256 g/mol. The van der Waals surface area contributed by atoms with E-state index in [9.17, 15) is 4.79 Å². The van der Waals surface area contributed by atoms with Gasteiger partial charge in [-0.15, -0.1) is 12.4 Å². The Morgan fingerprint density at radius 3 is 2.88 bits per heavy atom. The Morgan fingerprint density at radius 2 is 2.24 bits per heavy atom. The van der Waals surface area contributed by atoms with E-state index in [1.165, 1.54) is 0 Å². The summed E-state index contributed by atoms with van der Waals surface area (Å²) in [6, 6.07) is 7.49. The Labute approximate surface area is 107 Å². The van der Waals surface area contributed by atoms with Crippen LogP contribution in [0.25, 0.3) is 0 Å². The average molecular weight is 257 g/mol. The minimum Gasteiger partial charge on any atom is -0.496 e. The highest BCUT2D eigenvalue weighted by Crippen LogP contribution is 2.17. The van der Waals surface area contributed by atoms with Crippen molar-refractivity contribution < 1.29 is 9.53 Å². The summed E-state index contributed by atoms with van der Waals surface area (Å²) in [5.41, 5.74) is 0.594. The third kappa shape index (κ3) is 3.35. The van der Waals surface area contributed by atoms with E-state index in [-0.39, 0.29) is 24.4 Å². The predicted molar refractivity (Wildman–Crippen MR) is 69.0 cm³/mol. The van der Waals surface area contributed by atoms with Crippen LogP contribution in [0.4, 0.5) is 0 Å². The minimum absolute atomic E-state index is 0. The number of hydrogen-bond donors (Lipinski definition) is 2. The number of ether oxygens (including phenoxy) is 1. The first kappa shape index (κ1) is 13.8. The van der Waals surface area contributed by atoms with E-state index in [0.29, 0.717) is 11.3 Å². The summed E-state index contributed by atoms with van der Waals surface area (Å²) in [6.45, 7) is 1.82. The number of carbonyl (C=O) groups is 1. The van der Waals surface area contributed by atoms with Gasteiger partial charge in [0, 0.05) is 12.6 Å². The average Bonchev–Trinajstić information content (AvgIpc) is 2.81. The summed E-state index contributed by atoms with van der Waals surface area (Å²) in [7, 11) is 1.57. The lowest BCUT2D eigenvalue weighted by atomic mass is 10.1. The summed E-state index contributed by atoms with van der Waals surface area (Å²) in [6.07, 6.45) is 0.987. The molecule has 1 heterocycles. The smallest absolute Gasteiger partial charge is 0.255 e. The molecule has 1 aromatic carbocycles. The van der Waals surface area contributed by atoms with E-state index in [1.54, 1.807) is 19.2 Å². The molecule has 0 spiro atoms. The van der Waals surface area contributed by atoms with Gasteiger partial charge in [-0.25, -0.2) is 0 Å². The number of benzene rings is 1. The maximum atomic E-state index is 12.0. The van der Waals surface area contributed by atoms with Crippen molar-refractivity contribution in [3.05, 3.63) is 29.8 Å². The van der Waals surface area contributed by atoms with Crippen molar-refractivity contribution in [1.29, 1.82) is 0 Å². The molecule has 1 atom stereocenters. The second kappa shape index (κ2) is 6.47. The summed E-state index contributed by atoms with van der Waals surface area (Å²) >= 11 is 0. The van der Waals surface area contributed by atoms with Crippen molar-refractivity contribution in [2.24, 2.45) is 0 Å². The fourth-order valence-electron chi connectivity index (χ4n) is 1.87. The normalized spacial score (nSPS) is 18.3. The largest absolute Gasteiger partial charge is 0.496 e. The molecule has 2 N–H and O–H groups in total. The molecule has 1 aromatic rings. The Balaban J connectivity index is 0.00000144. The van der Waals surface area contributed by atoms with Crippen LogP contribution in [-0.2, 0) is 0 Å². The van der Waals surface area contributed by atoms with Crippen LogP contribution in [0, 0.1) is 0 Å². The summed E-state index contributed by atoms with van der Waals surface area (Å²) in [4.78, 5) is 12.0. The van der Waals surface area contributed by atoms with Gasteiger partial charge in [0.2, 0.25) is 0 Å². The molecule has 0 bridgehead atoms. The van der Waals surface area contributed by atoms with Gasteiger partial charge in [0.1, 0.15) is 5.75 Å². The molecule has 1 fully saturated rings. The quantitative estimate of drug-likeness (QED) is 0.855. The van der Waals surface area contributed by atoms with Crippen molar-refractivity contribution in [3.8, 4) is 5.75 Å². The van der Waals surface area contributed by atoms with Crippen LogP contribution >= 0.6 is 12.4 Å². The van der Waals surface area contributed by atoms with Crippen molar-refractivity contribution >= 4 is 18.3 Å². The number of halogens is 1. The fourth-order valence-corrected chi connectivity index (χ4v) is 1.87. The minimum atomic E-state index is -0.0637. The number of hydrogen-bond acceptors (Lipinski definition) is 3. The number of rotatable bonds is 3. The maximum Gasteiger partial charge on any atom is 0.255 e. The van der Waals surface area contributed by atoms with Gasteiger partial charge in [0.05, 0.1) is 12.7 Å². The number of amides is 1. The number of methoxy groups -OCH3 is 1. The molecule has 94 valence electrons. The lowest BCUT2D eigenvalue weighted by Crippen LogP contribution is -2.36. The highest BCUT2D eigenvalue weighted by atomic mass is 35.5. The van der Waals surface area contributed by atoms with E-state index in [1.807, 2.05) is 12.1 Å². The molecule has 1 unspecified atom stereocenters. The van der Waals surface area contributed by atoms with Gasteiger partial charge in [-0.3, -0.25) is 4.79 Å². The van der Waals surface area contributed by atoms with E-state index in [2.05, 4.69) is 10.6 Å². The first-order chi connectivity index (χ1) is 7.81. The maximum absolute atomic E-state index is 12.0. The van der Waals surface area contributed by atoms with Crippen LogP contribution in [0.15, 0.2) is 24.3 Å². The Morgan fingerprint density at radius 1 is 1.47 bits per heavy atom. The molecule has 1 saturated heterocycles. The van der Waals surface area contributed by atoms with Crippen LogP contribution in [-0.4, -0.2) is 32.1 Å². The van der Waals surface area contributed by atoms with Crippen molar-refractivity contribution in [2.45, 2.75) is 12.5 Å². The fraction of sp³-hybridized carbons (Fsp3) is 0.417. The molecule has 17 heavy (non-hydrogen) atoms. The standard InChI is InChI=1S/C12H16N2O2.ClH/c1-16-11-5-3-2-4-10(11)12(15)14-9-6-7-13-8-9;/h2-5,9,13H,6-8H2,1H3,(H,14,15);1H. The van der Waals surface area contributed by atoms with Crippen molar-refractivity contribution in [3.63, 3.8) is 0 Å². The Bertz CT molecular complexity index is 379. The molecule has 0 aromatic heterocycles. The molecular weight excluding hydrogens is 240 g/mol. The third-order valence-electron chi connectivity index (χ3n) is 2.75. The molecule has 1 amide bonds. The first-order valence-corrected chi connectivity index (χ1v) is 5.46. The molecule has 1 aliphatic rings. The molecule has 0 saturated carbocycles. The predicted octanol–water partition coefficient (Wildman–Crippen LogP) is 1.21. The van der Waals surface area contributed by atoms with Crippen LogP contribution in [0.5, 0.6) is 5.75 Å². The summed E-state index contributed by atoms with van der Waals surface area (Å²) < 4.78 is 5.15. The summed E-state index contributed by atoms with van der Waals surface area (Å²) in [5, 5.41) is 6.20. The second-order valence-electron chi connectivity index (χ2n) is 3.86. The Hall–Kier alpha value is -1.26.